The van der Waals surface area contributed by atoms with Crippen molar-refractivity contribution in [3.05, 3.63) is 42.1 Å². The molecule has 2 aromatic heterocycles. The number of carboxylic acid groups (broad SMARTS) is 1. The van der Waals surface area contributed by atoms with Crippen molar-refractivity contribution < 1.29 is 19.4 Å². The van der Waals surface area contributed by atoms with E-state index in [4.69, 9.17) is 15.2 Å². The molecule has 0 spiro atoms. The van der Waals surface area contributed by atoms with E-state index in [9.17, 15) is 9.90 Å². The number of hydrogen-bond acceptors (Lipinski definition) is 6. The zero-order chi connectivity index (χ0) is 18.0. The number of nitrogens with two attached hydrogens (primary N) is 1. The summed E-state index contributed by atoms with van der Waals surface area (Å²) in [6.07, 6.45) is 1.51. The molecule has 4 N–H and O–H groups in total. The average Bonchev–Trinajstić information content (AvgIpc) is 3.07. The number of hydrogen-bond donors (Lipinski definition) is 3. The molecule has 3 rings (SSSR count). The molecule has 0 amide bonds. The Bertz CT molecular complexity index is 936. The van der Waals surface area contributed by atoms with Gasteiger partial charge in [0.25, 0.3) is 0 Å². The van der Waals surface area contributed by atoms with E-state index >= 15 is 0 Å². The van der Waals surface area contributed by atoms with Crippen LogP contribution in [0.25, 0.3) is 22.6 Å². The highest BCUT2D eigenvalue weighted by molar-refractivity contribution is 5.97. The number of nitrogens with zero attached hydrogens (tertiary/aromatic N) is 2. The van der Waals surface area contributed by atoms with Gasteiger partial charge in [0.05, 0.1) is 36.9 Å². The number of methoxy groups -OCH3 is 2. The maximum atomic E-state index is 11.7. The van der Waals surface area contributed by atoms with Gasteiger partial charge in [-0.15, -0.1) is 0 Å². The van der Waals surface area contributed by atoms with E-state index in [1.807, 2.05) is 0 Å². The van der Waals surface area contributed by atoms with Crippen molar-refractivity contribution in [3.63, 3.8) is 0 Å². The minimum absolute atomic E-state index is 0.108. The van der Waals surface area contributed by atoms with Crippen LogP contribution in [0.2, 0.25) is 0 Å². The zero-order valence-corrected chi connectivity index (χ0v) is 13.6. The molecule has 8 heteroatoms. The molecule has 25 heavy (non-hydrogen) atoms. The highest BCUT2D eigenvalue weighted by Crippen LogP contribution is 2.34. The van der Waals surface area contributed by atoms with Gasteiger partial charge < -0.3 is 25.3 Å². The molecule has 0 aliphatic carbocycles. The first kappa shape index (κ1) is 16.3. The predicted octanol–water partition coefficient (Wildman–Crippen LogP) is 2.44. The van der Waals surface area contributed by atoms with Crippen LogP contribution in [-0.4, -0.2) is 40.2 Å². The molecule has 1 aromatic carbocycles. The minimum atomic E-state index is -1.06. The maximum absolute atomic E-state index is 11.7. The molecular weight excluding hydrogens is 324 g/mol. The molecular formula is C17H16N4O4. The molecule has 8 nitrogen and oxygen atoms in total. The minimum Gasteiger partial charge on any atom is -0.493 e. The molecule has 128 valence electrons. The van der Waals surface area contributed by atoms with Gasteiger partial charge in [0.1, 0.15) is 0 Å². The fourth-order valence-electron chi connectivity index (χ4n) is 2.50. The van der Waals surface area contributed by atoms with E-state index in [-0.39, 0.29) is 11.5 Å². The second kappa shape index (κ2) is 6.52. The Kier molecular flexibility index (Phi) is 4.25. The van der Waals surface area contributed by atoms with Crippen molar-refractivity contribution in [1.82, 2.24) is 15.0 Å². The topological polar surface area (TPSA) is 123 Å². The molecule has 3 aromatic rings. The number of H-pyrrole nitrogens is 1. The van der Waals surface area contributed by atoms with Gasteiger partial charge in [-0.1, -0.05) is 0 Å². The first-order valence-electron chi connectivity index (χ1n) is 7.31. The number of aromatic carboxylic acids is 1. The summed E-state index contributed by atoms with van der Waals surface area (Å²) in [6, 6.07) is 8.32. The Morgan fingerprint density at radius 3 is 2.56 bits per heavy atom. The Morgan fingerprint density at radius 1 is 1.16 bits per heavy atom. The van der Waals surface area contributed by atoms with Crippen molar-refractivity contribution in [2.45, 2.75) is 0 Å². The van der Waals surface area contributed by atoms with Crippen LogP contribution in [-0.2, 0) is 0 Å². The third-order valence-electron chi connectivity index (χ3n) is 3.67. The molecule has 0 saturated heterocycles. The van der Waals surface area contributed by atoms with Gasteiger partial charge in [-0.25, -0.2) is 14.8 Å². The number of rotatable bonds is 5. The fourth-order valence-corrected chi connectivity index (χ4v) is 2.50. The van der Waals surface area contributed by atoms with Crippen LogP contribution in [0.4, 0.5) is 5.95 Å². The van der Waals surface area contributed by atoms with Crippen LogP contribution in [0.3, 0.4) is 0 Å². The average molecular weight is 340 g/mol. The lowest BCUT2D eigenvalue weighted by atomic mass is 10.1. The number of benzene rings is 1. The highest BCUT2D eigenvalue weighted by Gasteiger charge is 2.19. The summed E-state index contributed by atoms with van der Waals surface area (Å²) < 4.78 is 10.5. The molecule has 0 atom stereocenters. The fraction of sp³-hybridized carbons (Fsp3) is 0.118. The normalized spacial score (nSPS) is 10.5. The first-order valence-corrected chi connectivity index (χ1v) is 7.31. The largest absolute Gasteiger partial charge is 0.493 e. The summed E-state index contributed by atoms with van der Waals surface area (Å²) >= 11 is 0. The predicted molar refractivity (Wildman–Crippen MR) is 91.7 cm³/mol. The van der Waals surface area contributed by atoms with Gasteiger partial charge >= 0.3 is 5.97 Å². The highest BCUT2D eigenvalue weighted by atomic mass is 16.5. The summed E-state index contributed by atoms with van der Waals surface area (Å²) in [5, 5.41) is 9.54. The van der Waals surface area contributed by atoms with E-state index in [0.29, 0.717) is 34.1 Å². The van der Waals surface area contributed by atoms with Crippen LogP contribution in [0.1, 0.15) is 10.4 Å². The third-order valence-corrected chi connectivity index (χ3v) is 3.67. The van der Waals surface area contributed by atoms with Crippen LogP contribution in [0.5, 0.6) is 11.5 Å². The van der Waals surface area contributed by atoms with Gasteiger partial charge in [0, 0.05) is 11.8 Å². The summed E-state index contributed by atoms with van der Waals surface area (Å²) in [4.78, 5) is 22.7. The number of anilines is 1. The van der Waals surface area contributed by atoms with E-state index in [0.717, 1.165) is 0 Å². The lowest BCUT2D eigenvalue weighted by Gasteiger charge is -2.09. The van der Waals surface area contributed by atoms with Crippen molar-refractivity contribution in [2.24, 2.45) is 0 Å². The quantitative estimate of drug-likeness (QED) is 0.651. The van der Waals surface area contributed by atoms with Crippen LogP contribution < -0.4 is 15.2 Å². The summed E-state index contributed by atoms with van der Waals surface area (Å²) in [6.45, 7) is 0. The molecule has 2 heterocycles. The number of aromatic amines is 1. The lowest BCUT2D eigenvalue weighted by molar-refractivity contribution is 0.0698. The molecule has 0 saturated carbocycles. The van der Waals surface area contributed by atoms with Crippen molar-refractivity contribution in [3.8, 4) is 34.1 Å². The number of carboxylic acids is 1. The lowest BCUT2D eigenvalue weighted by Crippen LogP contribution is -1.97. The van der Waals surface area contributed by atoms with Crippen LogP contribution >= 0.6 is 0 Å². The van der Waals surface area contributed by atoms with E-state index < -0.39 is 5.97 Å². The second-order valence-corrected chi connectivity index (χ2v) is 5.15. The van der Waals surface area contributed by atoms with Gasteiger partial charge in [-0.2, -0.15) is 0 Å². The Morgan fingerprint density at radius 2 is 1.92 bits per heavy atom. The number of nitrogens with one attached hydrogen (secondary N) is 1. The van der Waals surface area contributed by atoms with E-state index in [1.54, 1.807) is 24.3 Å². The smallest absolute Gasteiger partial charge is 0.337 e. The van der Waals surface area contributed by atoms with Crippen LogP contribution in [0, 0.1) is 0 Å². The molecule has 0 unspecified atom stereocenters. The van der Waals surface area contributed by atoms with E-state index in [2.05, 4.69) is 15.0 Å². The molecule has 0 radical (unpaired) electrons. The number of carbonyl (C=O) groups is 1. The number of nitrogen functional groups attached to an aromatic ring is 1. The Hall–Kier alpha value is -3.55. The van der Waals surface area contributed by atoms with Gasteiger partial charge in [0.15, 0.2) is 11.5 Å². The summed E-state index contributed by atoms with van der Waals surface area (Å²) in [7, 11) is 3.05. The van der Waals surface area contributed by atoms with Crippen LogP contribution in [0.15, 0.2) is 36.5 Å². The monoisotopic (exact) mass is 340 g/mol. The van der Waals surface area contributed by atoms with E-state index in [1.165, 1.54) is 26.5 Å². The van der Waals surface area contributed by atoms with Gasteiger partial charge in [-0.05, 0) is 30.3 Å². The standard InChI is InChI=1S/C17H16N4O4/c1-24-13-4-3-9(7-14(13)25-2)15-10(16(22)23)8-12(20-15)11-5-6-19-17(18)21-11/h3-8,20H,1-2H3,(H,22,23)(H2,18,19,21). The van der Waals surface area contributed by atoms with Crippen molar-refractivity contribution >= 4 is 11.9 Å². The molecule has 0 aliphatic rings. The maximum Gasteiger partial charge on any atom is 0.337 e. The molecule has 0 aliphatic heterocycles. The number of ether oxygens (including phenoxy) is 2. The zero-order valence-electron chi connectivity index (χ0n) is 13.6. The Balaban J connectivity index is 2.14. The molecule has 0 fully saturated rings. The van der Waals surface area contributed by atoms with Crippen molar-refractivity contribution in [1.29, 1.82) is 0 Å². The van der Waals surface area contributed by atoms with Crippen molar-refractivity contribution in [2.75, 3.05) is 20.0 Å². The first-order chi connectivity index (χ1) is 12.0. The van der Waals surface area contributed by atoms with Gasteiger partial charge in [-0.3, -0.25) is 0 Å². The van der Waals surface area contributed by atoms with Gasteiger partial charge in [0.2, 0.25) is 5.95 Å². The SMILES string of the molecule is COc1ccc(-c2[nH]c(-c3ccnc(N)n3)cc2C(=O)O)cc1OC. The second-order valence-electron chi connectivity index (χ2n) is 5.15. The number of aromatic nitrogens is 3. The molecule has 0 bridgehead atoms. The summed E-state index contributed by atoms with van der Waals surface area (Å²) in [5.41, 5.74) is 7.81. The third kappa shape index (κ3) is 3.09. The Labute approximate surface area is 143 Å². The summed E-state index contributed by atoms with van der Waals surface area (Å²) in [5.74, 6) is 0.100.